The highest BCUT2D eigenvalue weighted by atomic mass is 14.6. The maximum absolute atomic E-state index is 6.09. The first-order chi connectivity index (χ1) is 6.70. The molecule has 1 heteroatoms. The summed E-state index contributed by atoms with van der Waals surface area (Å²) in [6, 6.07) is 0.452. The van der Waals surface area contributed by atoms with E-state index in [1.54, 1.807) is 0 Å². The van der Waals surface area contributed by atoms with Crippen molar-refractivity contribution in [1.29, 1.82) is 0 Å². The van der Waals surface area contributed by atoms with Gasteiger partial charge in [-0.05, 0) is 18.8 Å². The predicted molar refractivity (Wildman–Crippen MR) is 65.4 cm³/mol. The summed E-state index contributed by atoms with van der Waals surface area (Å²) in [7, 11) is 0. The monoisotopic (exact) mass is 199 g/mol. The Kier molecular flexibility index (Phi) is 9.49. The van der Waals surface area contributed by atoms with Crippen LogP contribution in [0.1, 0.15) is 72.1 Å². The molecule has 0 heterocycles. The Morgan fingerprint density at radius 3 is 2.21 bits per heavy atom. The average molecular weight is 199 g/mol. The highest BCUT2D eigenvalue weighted by Crippen LogP contribution is 2.15. The van der Waals surface area contributed by atoms with E-state index in [4.69, 9.17) is 5.73 Å². The van der Waals surface area contributed by atoms with E-state index in [0.717, 1.165) is 5.92 Å². The Hall–Kier alpha value is -0.0400. The molecule has 0 bridgehead atoms. The number of nitrogens with two attached hydrogens (primary N) is 1. The molecule has 0 rings (SSSR count). The summed E-state index contributed by atoms with van der Waals surface area (Å²) in [5.41, 5.74) is 6.09. The average Bonchev–Trinajstić information content (AvgIpc) is 2.13. The molecule has 2 atom stereocenters. The van der Waals surface area contributed by atoms with Crippen molar-refractivity contribution in [3.8, 4) is 0 Å². The van der Waals surface area contributed by atoms with Crippen LogP contribution >= 0.6 is 0 Å². The van der Waals surface area contributed by atoms with Crippen LogP contribution in [-0.4, -0.2) is 6.04 Å². The van der Waals surface area contributed by atoms with E-state index in [-0.39, 0.29) is 0 Å². The summed E-state index contributed by atoms with van der Waals surface area (Å²) in [4.78, 5) is 0. The van der Waals surface area contributed by atoms with Crippen molar-refractivity contribution in [2.75, 3.05) is 0 Å². The Balaban J connectivity index is 3.30. The van der Waals surface area contributed by atoms with E-state index in [2.05, 4.69) is 20.8 Å². The van der Waals surface area contributed by atoms with Crippen LogP contribution in [-0.2, 0) is 0 Å². The van der Waals surface area contributed by atoms with Crippen LogP contribution in [0.25, 0.3) is 0 Å². The van der Waals surface area contributed by atoms with Gasteiger partial charge in [0, 0.05) is 6.04 Å². The molecule has 14 heavy (non-hydrogen) atoms. The Labute approximate surface area is 90.5 Å². The zero-order valence-electron chi connectivity index (χ0n) is 10.4. The lowest BCUT2D eigenvalue weighted by atomic mass is 9.94. The highest BCUT2D eigenvalue weighted by Gasteiger charge is 2.07. The maximum Gasteiger partial charge on any atom is 0.00413 e. The zero-order valence-corrected chi connectivity index (χ0v) is 10.4. The largest absolute Gasteiger partial charge is 0.328 e. The first-order valence-corrected chi connectivity index (χ1v) is 6.46. The van der Waals surface area contributed by atoms with Crippen molar-refractivity contribution >= 4 is 0 Å². The van der Waals surface area contributed by atoms with Gasteiger partial charge in [-0.3, -0.25) is 0 Å². The van der Waals surface area contributed by atoms with Crippen molar-refractivity contribution in [3.63, 3.8) is 0 Å². The quantitative estimate of drug-likeness (QED) is 0.556. The van der Waals surface area contributed by atoms with Crippen LogP contribution in [0.3, 0.4) is 0 Å². The molecule has 2 N–H and O–H groups in total. The number of hydrogen-bond donors (Lipinski definition) is 1. The molecule has 86 valence electrons. The van der Waals surface area contributed by atoms with Gasteiger partial charge in [0.25, 0.3) is 0 Å². The zero-order chi connectivity index (χ0) is 10.8. The SMILES string of the molecule is CCCCCCC(N)CC(C)CCC. The van der Waals surface area contributed by atoms with Crippen molar-refractivity contribution in [2.24, 2.45) is 11.7 Å². The molecule has 0 saturated carbocycles. The molecule has 0 aliphatic carbocycles. The summed E-state index contributed by atoms with van der Waals surface area (Å²) in [5.74, 6) is 0.821. The molecule has 0 amide bonds. The van der Waals surface area contributed by atoms with E-state index in [1.165, 1.54) is 51.4 Å². The Morgan fingerprint density at radius 2 is 1.64 bits per heavy atom. The van der Waals surface area contributed by atoms with Crippen LogP contribution < -0.4 is 5.73 Å². The third-order valence-electron chi connectivity index (χ3n) is 2.92. The van der Waals surface area contributed by atoms with Crippen molar-refractivity contribution < 1.29 is 0 Å². The second-order valence-corrected chi connectivity index (χ2v) is 4.74. The minimum Gasteiger partial charge on any atom is -0.328 e. The fourth-order valence-electron chi connectivity index (χ4n) is 2.08. The van der Waals surface area contributed by atoms with Gasteiger partial charge in [0.2, 0.25) is 0 Å². The molecule has 0 aliphatic rings. The van der Waals surface area contributed by atoms with Gasteiger partial charge in [-0.25, -0.2) is 0 Å². The lowest BCUT2D eigenvalue weighted by Gasteiger charge is -2.16. The smallest absolute Gasteiger partial charge is 0.00413 e. The molecular formula is C13H29N. The van der Waals surface area contributed by atoms with Crippen molar-refractivity contribution in [3.05, 3.63) is 0 Å². The van der Waals surface area contributed by atoms with Gasteiger partial charge in [0.15, 0.2) is 0 Å². The summed E-state index contributed by atoms with van der Waals surface area (Å²) >= 11 is 0. The summed E-state index contributed by atoms with van der Waals surface area (Å²) in [6.45, 7) is 6.84. The van der Waals surface area contributed by atoms with Crippen molar-refractivity contribution in [1.82, 2.24) is 0 Å². The first kappa shape index (κ1) is 14.0. The molecule has 0 aromatic heterocycles. The molecule has 1 nitrogen and oxygen atoms in total. The standard InChI is InChI=1S/C13H29N/c1-4-6-7-8-10-13(14)11-12(3)9-5-2/h12-13H,4-11,14H2,1-3H3. The third-order valence-corrected chi connectivity index (χ3v) is 2.92. The summed E-state index contributed by atoms with van der Waals surface area (Å²) < 4.78 is 0. The number of rotatable bonds is 9. The Morgan fingerprint density at radius 1 is 0.929 bits per heavy atom. The van der Waals surface area contributed by atoms with Crippen LogP contribution in [0.5, 0.6) is 0 Å². The number of hydrogen-bond acceptors (Lipinski definition) is 1. The molecule has 2 unspecified atom stereocenters. The van der Waals surface area contributed by atoms with Crippen LogP contribution in [0.4, 0.5) is 0 Å². The van der Waals surface area contributed by atoms with Crippen LogP contribution in [0.2, 0.25) is 0 Å². The van der Waals surface area contributed by atoms with E-state index in [9.17, 15) is 0 Å². The minimum atomic E-state index is 0.452. The van der Waals surface area contributed by atoms with Crippen LogP contribution in [0.15, 0.2) is 0 Å². The predicted octanol–water partition coefficient (Wildman–Crippen LogP) is 4.11. The molecule has 0 saturated heterocycles. The molecule has 0 radical (unpaired) electrons. The van der Waals surface area contributed by atoms with Gasteiger partial charge >= 0.3 is 0 Å². The molecule has 0 aliphatic heterocycles. The fraction of sp³-hybridized carbons (Fsp3) is 1.00. The van der Waals surface area contributed by atoms with E-state index < -0.39 is 0 Å². The van der Waals surface area contributed by atoms with Gasteiger partial charge in [0.05, 0.1) is 0 Å². The highest BCUT2D eigenvalue weighted by molar-refractivity contribution is 4.65. The summed E-state index contributed by atoms with van der Waals surface area (Å²) in [5, 5.41) is 0. The maximum atomic E-state index is 6.09. The fourth-order valence-corrected chi connectivity index (χ4v) is 2.08. The van der Waals surface area contributed by atoms with Gasteiger partial charge in [-0.15, -0.1) is 0 Å². The van der Waals surface area contributed by atoms with Gasteiger partial charge < -0.3 is 5.73 Å². The van der Waals surface area contributed by atoms with Crippen LogP contribution in [0, 0.1) is 5.92 Å². The molecule has 0 spiro atoms. The van der Waals surface area contributed by atoms with E-state index in [0.29, 0.717) is 6.04 Å². The Bertz CT molecular complexity index is 112. The topological polar surface area (TPSA) is 26.0 Å². The normalized spacial score (nSPS) is 15.4. The van der Waals surface area contributed by atoms with Gasteiger partial charge in [-0.1, -0.05) is 59.3 Å². The van der Waals surface area contributed by atoms with E-state index >= 15 is 0 Å². The molecule has 0 aromatic carbocycles. The van der Waals surface area contributed by atoms with Gasteiger partial charge in [0.1, 0.15) is 0 Å². The van der Waals surface area contributed by atoms with E-state index in [1.807, 2.05) is 0 Å². The molecular weight excluding hydrogens is 170 g/mol. The second-order valence-electron chi connectivity index (χ2n) is 4.74. The molecule has 0 fully saturated rings. The first-order valence-electron chi connectivity index (χ1n) is 6.46. The lowest BCUT2D eigenvalue weighted by molar-refractivity contribution is 0.409. The second kappa shape index (κ2) is 9.51. The number of unbranched alkanes of at least 4 members (excludes halogenated alkanes) is 3. The summed E-state index contributed by atoms with van der Waals surface area (Å²) in [6.07, 6.45) is 10.5. The van der Waals surface area contributed by atoms with Crippen molar-refractivity contribution in [2.45, 2.75) is 78.2 Å². The third kappa shape index (κ3) is 8.55. The minimum absolute atomic E-state index is 0.452. The molecule has 0 aromatic rings. The van der Waals surface area contributed by atoms with Gasteiger partial charge in [-0.2, -0.15) is 0 Å². The lowest BCUT2D eigenvalue weighted by Crippen LogP contribution is -2.22.